The van der Waals surface area contributed by atoms with Crippen LogP contribution in [0, 0.1) is 6.92 Å². The van der Waals surface area contributed by atoms with Gasteiger partial charge >= 0.3 is 0 Å². The molecule has 5 nitrogen and oxygen atoms in total. The molecule has 5 N–H and O–H groups in total. The molecule has 0 aliphatic carbocycles. The quantitative estimate of drug-likeness (QED) is 0.732. The van der Waals surface area contributed by atoms with Crippen LogP contribution in [0.5, 0.6) is 0 Å². The van der Waals surface area contributed by atoms with Crippen LogP contribution in [0.15, 0.2) is 24.3 Å². The molecular formula is C12H16N4O. The molecule has 5 heteroatoms. The number of aromatic nitrogens is 2. The molecule has 1 aromatic carbocycles. The van der Waals surface area contributed by atoms with Crippen LogP contribution in [-0.4, -0.2) is 21.5 Å². The number of hydrogen-bond donors (Lipinski definition) is 3. The highest BCUT2D eigenvalue weighted by molar-refractivity contribution is 5.58. The molecule has 0 amide bonds. The SMILES string of the molecule is Cc1cccc(-n2nc(N)c(CCO)c2N)c1. The molecule has 1 aromatic heterocycles. The molecule has 0 spiro atoms. The van der Waals surface area contributed by atoms with Gasteiger partial charge in [-0.05, 0) is 24.6 Å². The van der Waals surface area contributed by atoms with E-state index < -0.39 is 0 Å². The minimum Gasteiger partial charge on any atom is -0.396 e. The van der Waals surface area contributed by atoms with Gasteiger partial charge in [-0.3, -0.25) is 0 Å². The fourth-order valence-electron chi connectivity index (χ4n) is 1.81. The lowest BCUT2D eigenvalue weighted by Gasteiger charge is -2.05. The highest BCUT2D eigenvalue weighted by Gasteiger charge is 2.13. The average molecular weight is 232 g/mol. The number of nitrogens with zero attached hydrogens (tertiary/aromatic N) is 2. The average Bonchev–Trinajstić information content (AvgIpc) is 2.57. The standard InChI is InChI=1S/C12H16N4O/c1-8-3-2-4-9(7-8)16-12(14)10(5-6-17)11(13)15-16/h2-4,7,17H,5-6,14H2,1H3,(H2,13,15). The first-order chi connectivity index (χ1) is 8.13. The van der Waals surface area contributed by atoms with E-state index in [9.17, 15) is 0 Å². The summed E-state index contributed by atoms with van der Waals surface area (Å²) in [6.07, 6.45) is 0.420. The molecule has 0 fully saturated rings. The summed E-state index contributed by atoms with van der Waals surface area (Å²) in [6.45, 7) is 2.01. The lowest BCUT2D eigenvalue weighted by molar-refractivity contribution is 0.300. The lowest BCUT2D eigenvalue weighted by atomic mass is 10.2. The second-order valence-electron chi connectivity index (χ2n) is 3.97. The molecular weight excluding hydrogens is 216 g/mol. The van der Waals surface area contributed by atoms with Gasteiger partial charge in [-0.1, -0.05) is 12.1 Å². The van der Waals surface area contributed by atoms with Crippen LogP contribution < -0.4 is 11.5 Å². The topological polar surface area (TPSA) is 90.1 Å². The number of aryl methyl sites for hydroxylation is 1. The van der Waals surface area contributed by atoms with Crippen molar-refractivity contribution in [2.75, 3.05) is 18.1 Å². The van der Waals surface area contributed by atoms with Gasteiger partial charge in [0, 0.05) is 18.6 Å². The van der Waals surface area contributed by atoms with Crippen LogP contribution in [0.2, 0.25) is 0 Å². The maximum Gasteiger partial charge on any atom is 0.151 e. The fraction of sp³-hybridized carbons (Fsp3) is 0.250. The van der Waals surface area contributed by atoms with Crippen LogP contribution in [0.3, 0.4) is 0 Å². The molecule has 0 atom stereocenters. The Morgan fingerprint density at radius 1 is 1.35 bits per heavy atom. The van der Waals surface area contributed by atoms with Crippen molar-refractivity contribution in [2.24, 2.45) is 0 Å². The van der Waals surface area contributed by atoms with Gasteiger partial charge in [0.25, 0.3) is 0 Å². The van der Waals surface area contributed by atoms with Gasteiger partial charge in [0.1, 0.15) is 5.82 Å². The molecule has 17 heavy (non-hydrogen) atoms. The summed E-state index contributed by atoms with van der Waals surface area (Å²) >= 11 is 0. The van der Waals surface area contributed by atoms with E-state index in [0.717, 1.165) is 11.3 Å². The number of aliphatic hydroxyl groups excluding tert-OH is 1. The first-order valence-corrected chi connectivity index (χ1v) is 5.44. The minimum atomic E-state index is 0.00785. The molecule has 0 aliphatic heterocycles. The Kier molecular flexibility index (Phi) is 3.01. The van der Waals surface area contributed by atoms with Crippen molar-refractivity contribution in [3.8, 4) is 5.69 Å². The largest absolute Gasteiger partial charge is 0.396 e. The molecule has 0 saturated heterocycles. The van der Waals surface area contributed by atoms with Crippen molar-refractivity contribution >= 4 is 11.6 Å². The Bertz CT molecular complexity index is 533. The molecule has 0 aliphatic rings. The summed E-state index contributed by atoms with van der Waals surface area (Å²) in [4.78, 5) is 0. The number of nitrogen functional groups attached to an aromatic ring is 2. The van der Waals surface area contributed by atoms with E-state index >= 15 is 0 Å². The third kappa shape index (κ3) is 2.09. The monoisotopic (exact) mass is 232 g/mol. The van der Waals surface area contributed by atoms with Crippen LogP contribution in [0.25, 0.3) is 5.69 Å². The van der Waals surface area contributed by atoms with E-state index in [4.69, 9.17) is 16.6 Å². The van der Waals surface area contributed by atoms with Gasteiger partial charge < -0.3 is 16.6 Å². The maximum absolute atomic E-state index is 8.94. The third-order valence-corrected chi connectivity index (χ3v) is 2.66. The summed E-state index contributed by atoms with van der Waals surface area (Å²) in [5.74, 6) is 0.861. The van der Waals surface area contributed by atoms with E-state index in [1.807, 2.05) is 31.2 Å². The Balaban J connectivity index is 2.50. The molecule has 1 heterocycles. The molecule has 0 bridgehead atoms. The summed E-state index contributed by atoms with van der Waals surface area (Å²) < 4.78 is 1.60. The van der Waals surface area contributed by atoms with Crippen molar-refractivity contribution in [1.29, 1.82) is 0 Å². The van der Waals surface area contributed by atoms with E-state index in [2.05, 4.69) is 5.10 Å². The predicted octanol–water partition coefficient (Wildman–Crippen LogP) is 0.880. The third-order valence-electron chi connectivity index (χ3n) is 2.66. The number of rotatable bonds is 3. The van der Waals surface area contributed by atoms with Crippen LogP contribution >= 0.6 is 0 Å². The smallest absolute Gasteiger partial charge is 0.151 e. The second-order valence-corrected chi connectivity index (χ2v) is 3.97. The van der Waals surface area contributed by atoms with E-state index in [1.165, 1.54) is 0 Å². The molecule has 0 radical (unpaired) electrons. The summed E-state index contributed by atoms with van der Waals surface area (Å²) in [5.41, 5.74) is 14.5. The van der Waals surface area contributed by atoms with Gasteiger partial charge in [0.15, 0.2) is 5.82 Å². The summed E-state index contributed by atoms with van der Waals surface area (Å²) in [7, 11) is 0. The van der Waals surface area contributed by atoms with Crippen molar-refractivity contribution in [3.05, 3.63) is 35.4 Å². The van der Waals surface area contributed by atoms with Crippen LogP contribution in [0.1, 0.15) is 11.1 Å². The fourth-order valence-corrected chi connectivity index (χ4v) is 1.81. The molecule has 0 unspecified atom stereocenters. The number of benzene rings is 1. The Morgan fingerprint density at radius 3 is 2.76 bits per heavy atom. The van der Waals surface area contributed by atoms with E-state index in [0.29, 0.717) is 23.6 Å². The summed E-state index contributed by atoms with van der Waals surface area (Å²) in [6, 6.07) is 7.83. The van der Waals surface area contributed by atoms with Gasteiger partial charge in [0.05, 0.1) is 5.69 Å². The zero-order valence-electron chi connectivity index (χ0n) is 9.72. The van der Waals surface area contributed by atoms with E-state index in [-0.39, 0.29) is 6.61 Å². The highest BCUT2D eigenvalue weighted by atomic mass is 16.3. The number of nitrogens with two attached hydrogens (primary N) is 2. The second kappa shape index (κ2) is 4.47. The molecule has 0 saturated carbocycles. The van der Waals surface area contributed by atoms with Crippen LogP contribution in [0.4, 0.5) is 11.6 Å². The number of aliphatic hydroxyl groups is 1. The molecule has 2 aromatic rings. The van der Waals surface area contributed by atoms with Gasteiger partial charge in [-0.25, -0.2) is 4.68 Å². The molecule has 2 rings (SSSR count). The number of hydrogen-bond acceptors (Lipinski definition) is 4. The minimum absolute atomic E-state index is 0.00785. The first kappa shape index (κ1) is 11.5. The van der Waals surface area contributed by atoms with Crippen molar-refractivity contribution in [1.82, 2.24) is 9.78 Å². The summed E-state index contributed by atoms with van der Waals surface area (Å²) in [5, 5.41) is 13.1. The Hall–Kier alpha value is -2.01. The van der Waals surface area contributed by atoms with Gasteiger partial charge in [0.2, 0.25) is 0 Å². The maximum atomic E-state index is 8.94. The van der Waals surface area contributed by atoms with Gasteiger partial charge in [-0.15, -0.1) is 5.10 Å². The van der Waals surface area contributed by atoms with Gasteiger partial charge in [-0.2, -0.15) is 0 Å². The lowest BCUT2D eigenvalue weighted by Crippen LogP contribution is -2.03. The first-order valence-electron chi connectivity index (χ1n) is 5.44. The van der Waals surface area contributed by atoms with Crippen molar-refractivity contribution in [3.63, 3.8) is 0 Å². The zero-order chi connectivity index (χ0) is 12.4. The zero-order valence-corrected chi connectivity index (χ0v) is 9.72. The molecule has 90 valence electrons. The normalized spacial score (nSPS) is 10.7. The van der Waals surface area contributed by atoms with E-state index in [1.54, 1.807) is 4.68 Å². The predicted molar refractivity (Wildman–Crippen MR) is 67.9 cm³/mol. The Morgan fingerprint density at radius 2 is 2.12 bits per heavy atom. The Labute approximate surface area is 99.7 Å². The van der Waals surface area contributed by atoms with Crippen molar-refractivity contribution in [2.45, 2.75) is 13.3 Å². The highest BCUT2D eigenvalue weighted by Crippen LogP contribution is 2.23. The number of anilines is 2. The van der Waals surface area contributed by atoms with Crippen molar-refractivity contribution < 1.29 is 5.11 Å². The van der Waals surface area contributed by atoms with Crippen LogP contribution in [-0.2, 0) is 6.42 Å².